The number of halogens is 1. The van der Waals surface area contributed by atoms with Gasteiger partial charge in [-0.1, -0.05) is 11.6 Å². The van der Waals surface area contributed by atoms with Crippen molar-refractivity contribution >= 4 is 34.6 Å². The summed E-state index contributed by atoms with van der Waals surface area (Å²) in [7, 11) is 1.58. The first-order valence-corrected chi connectivity index (χ1v) is 8.78. The molecule has 7 nitrogen and oxygen atoms in total. The minimum atomic E-state index is -0.328. The monoisotopic (exact) mass is 397 g/mol. The van der Waals surface area contributed by atoms with Gasteiger partial charge in [0.05, 0.1) is 24.7 Å². The van der Waals surface area contributed by atoms with Gasteiger partial charge in [-0.05, 0) is 42.5 Å². The van der Waals surface area contributed by atoms with E-state index in [9.17, 15) is 4.79 Å². The molecule has 1 amide bonds. The second-order valence-electron chi connectivity index (χ2n) is 5.92. The molecule has 0 saturated carbocycles. The van der Waals surface area contributed by atoms with E-state index in [4.69, 9.17) is 25.8 Å². The number of benzene rings is 2. The first-order chi connectivity index (χ1) is 13.6. The predicted molar refractivity (Wildman–Crippen MR) is 106 cm³/mol. The zero-order valence-electron chi connectivity index (χ0n) is 14.9. The average molecular weight is 398 g/mol. The number of carbonyl (C=O) groups is 1. The van der Waals surface area contributed by atoms with Crippen molar-refractivity contribution in [3.05, 3.63) is 65.4 Å². The van der Waals surface area contributed by atoms with Crippen LogP contribution in [0.25, 0.3) is 0 Å². The molecule has 0 unspecified atom stereocenters. The van der Waals surface area contributed by atoms with E-state index in [1.165, 1.54) is 0 Å². The highest BCUT2D eigenvalue weighted by Crippen LogP contribution is 2.34. The minimum absolute atomic E-state index is 0.181. The summed E-state index contributed by atoms with van der Waals surface area (Å²) in [5.74, 6) is 1.57. The maximum absolute atomic E-state index is 12.4. The second kappa shape index (κ2) is 7.66. The SMILES string of the molecule is COc1ccc(Cl)cc1Nc1ccc(C(=O)Nc2ccc3c(c2)OCO3)nc1. The van der Waals surface area contributed by atoms with Gasteiger partial charge in [0.2, 0.25) is 6.79 Å². The van der Waals surface area contributed by atoms with Crippen LogP contribution in [-0.4, -0.2) is 24.8 Å². The van der Waals surface area contributed by atoms with Crippen molar-refractivity contribution in [1.82, 2.24) is 4.98 Å². The maximum Gasteiger partial charge on any atom is 0.274 e. The van der Waals surface area contributed by atoms with Gasteiger partial charge in [-0.2, -0.15) is 0 Å². The van der Waals surface area contributed by atoms with Crippen LogP contribution in [0.5, 0.6) is 17.2 Å². The van der Waals surface area contributed by atoms with Crippen LogP contribution >= 0.6 is 11.6 Å². The number of amides is 1. The maximum atomic E-state index is 12.4. The van der Waals surface area contributed by atoms with Crippen molar-refractivity contribution < 1.29 is 19.0 Å². The largest absolute Gasteiger partial charge is 0.495 e. The third kappa shape index (κ3) is 3.79. The molecule has 2 aromatic carbocycles. The van der Waals surface area contributed by atoms with E-state index >= 15 is 0 Å². The van der Waals surface area contributed by atoms with Crippen LogP contribution in [0.15, 0.2) is 54.7 Å². The number of anilines is 3. The van der Waals surface area contributed by atoms with Gasteiger partial charge >= 0.3 is 0 Å². The molecule has 3 aromatic rings. The number of aromatic nitrogens is 1. The first-order valence-electron chi connectivity index (χ1n) is 8.40. The summed E-state index contributed by atoms with van der Waals surface area (Å²) >= 11 is 6.04. The molecule has 0 atom stereocenters. The number of rotatable bonds is 5. The number of ether oxygens (including phenoxy) is 3. The fraction of sp³-hybridized carbons (Fsp3) is 0.100. The minimum Gasteiger partial charge on any atom is -0.495 e. The molecular formula is C20H16ClN3O4. The van der Waals surface area contributed by atoms with Crippen LogP contribution in [0.1, 0.15) is 10.5 Å². The number of fused-ring (bicyclic) bond motifs is 1. The lowest BCUT2D eigenvalue weighted by atomic mass is 10.2. The number of nitrogens with one attached hydrogen (secondary N) is 2. The van der Waals surface area contributed by atoms with E-state index in [1.54, 1.807) is 61.8 Å². The van der Waals surface area contributed by atoms with Gasteiger partial charge < -0.3 is 24.8 Å². The Labute approximate surface area is 166 Å². The average Bonchev–Trinajstić information content (AvgIpc) is 3.16. The Morgan fingerprint density at radius 2 is 1.89 bits per heavy atom. The molecule has 1 aliphatic heterocycles. The van der Waals surface area contributed by atoms with Crippen LogP contribution in [0, 0.1) is 0 Å². The van der Waals surface area contributed by atoms with Crippen LogP contribution in [0.2, 0.25) is 5.02 Å². The van der Waals surface area contributed by atoms with E-state index in [0.717, 1.165) is 0 Å². The summed E-state index contributed by atoms with van der Waals surface area (Å²) < 4.78 is 15.9. The second-order valence-corrected chi connectivity index (χ2v) is 6.36. The highest BCUT2D eigenvalue weighted by Gasteiger charge is 2.15. The van der Waals surface area contributed by atoms with Crippen LogP contribution in [0.3, 0.4) is 0 Å². The molecular weight excluding hydrogens is 382 g/mol. The number of hydrogen-bond acceptors (Lipinski definition) is 6. The molecule has 2 heterocycles. The summed E-state index contributed by atoms with van der Waals surface area (Å²) in [6.07, 6.45) is 1.56. The Morgan fingerprint density at radius 1 is 1.07 bits per heavy atom. The molecule has 1 aromatic heterocycles. The number of carbonyl (C=O) groups excluding carboxylic acids is 1. The Bertz CT molecular complexity index is 1020. The number of nitrogens with zero attached hydrogens (tertiary/aromatic N) is 1. The number of pyridine rings is 1. The van der Waals surface area contributed by atoms with E-state index in [0.29, 0.717) is 39.3 Å². The standard InChI is InChI=1S/C20H16ClN3O4/c1-26-17-6-2-12(21)8-16(17)23-14-3-5-15(22-10-14)20(25)24-13-4-7-18-19(9-13)28-11-27-18/h2-10,23H,11H2,1H3,(H,24,25). The lowest BCUT2D eigenvalue weighted by molar-refractivity contribution is 0.102. The third-order valence-corrected chi connectivity index (χ3v) is 4.30. The third-order valence-electron chi connectivity index (χ3n) is 4.07. The van der Waals surface area contributed by atoms with Crippen LogP contribution in [-0.2, 0) is 0 Å². The van der Waals surface area contributed by atoms with E-state index < -0.39 is 0 Å². The molecule has 142 valence electrons. The van der Waals surface area contributed by atoms with Crippen LogP contribution in [0.4, 0.5) is 17.1 Å². The Balaban J connectivity index is 1.46. The molecule has 4 rings (SSSR count). The molecule has 0 spiro atoms. The van der Waals surface area contributed by atoms with E-state index in [-0.39, 0.29) is 18.4 Å². The Hall–Kier alpha value is -3.45. The van der Waals surface area contributed by atoms with Gasteiger partial charge in [-0.25, -0.2) is 4.98 Å². The molecule has 0 saturated heterocycles. The zero-order valence-corrected chi connectivity index (χ0v) is 15.6. The van der Waals surface area contributed by atoms with Crippen LogP contribution < -0.4 is 24.8 Å². The normalized spacial score (nSPS) is 11.8. The Morgan fingerprint density at radius 3 is 2.68 bits per heavy atom. The van der Waals surface area contributed by atoms with Crippen molar-refractivity contribution in [3.8, 4) is 17.2 Å². The molecule has 0 bridgehead atoms. The molecule has 0 fully saturated rings. The predicted octanol–water partition coefficient (Wildman–Crippen LogP) is 4.47. The summed E-state index contributed by atoms with van der Waals surface area (Å²) in [4.78, 5) is 16.6. The molecule has 0 radical (unpaired) electrons. The zero-order chi connectivity index (χ0) is 19.5. The lowest BCUT2D eigenvalue weighted by Crippen LogP contribution is -2.13. The highest BCUT2D eigenvalue weighted by molar-refractivity contribution is 6.31. The summed E-state index contributed by atoms with van der Waals surface area (Å²) in [5, 5.41) is 6.54. The summed E-state index contributed by atoms with van der Waals surface area (Å²) in [6, 6.07) is 13.8. The van der Waals surface area contributed by atoms with E-state index in [2.05, 4.69) is 15.6 Å². The Kier molecular flexibility index (Phi) is 4.90. The van der Waals surface area contributed by atoms with E-state index in [1.807, 2.05) is 0 Å². The quantitative estimate of drug-likeness (QED) is 0.661. The number of hydrogen-bond donors (Lipinski definition) is 2. The molecule has 1 aliphatic rings. The van der Waals surface area contributed by atoms with Gasteiger partial charge in [0.1, 0.15) is 11.4 Å². The molecule has 0 aliphatic carbocycles. The topological polar surface area (TPSA) is 81.7 Å². The van der Waals surface area contributed by atoms with Gasteiger partial charge in [0, 0.05) is 16.8 Å². The lowest BCUT2D eigenvalue weighted by Gasteiger charge is -2.12. The van der Waals surface area contributed by atoms with Crippen molar-refractivity contribution in [2.75, 3.05) is 24.5 Å². The highest BCUT2D eigenvalue weighted by atomic mass is 35.5. The van der Waals surface area contributed by atoms with Crippen molar-refractivity contribution in [2.45, 2.75) is 0 Å². The fourth-order valence-electron chi connectivity index (χ4n) is 2.70. The fourth-order valence-corrected chi connectivity index (χ4v) is 2.88. The summed E-state index contributed by atoms with van der Waals surface area (Å²) in [5.41, 5.74) is 2.28. The van der Waals surface area contributed by atoms with Gasteiger partial charge in [-0.3, -0.25) is 4.79 Å². The van der Waals surface area contributed by atoms with Crippen molar-refractivity contribution in [3.63, 3.8) is 0 Å². The molecule has 2 N–H and O–H groups in total. The molecule has 8 heteroatoms. The van der Waals surface area contributed by atoms with Gasteiger partial charge in [-0.15, -0.1) is 0 Å². The molecule has 28 heavy (non-hydrogen) atoms. The van der Waals surface area contributed by atoms with Gasteiger partial charge in [0.25, 0.3) is 5.91 Å². The van der Waals surface area contributed by atoms with Crippen molar-refractivity contribution in [1.29, 1.82) is 0 Å². The number of methoxy groups -OCH3 is 1. The first kappa shape index (κ1) is 17.9. The summed E-state index contributed by atoms with van der Waals surface area (Å²) in [6.45, 7) is 0.181. The van der Waals surface area contributed by atoms with Gasteiger partial charge in [0.15, 0.2) is 11.5 Å². The smallest absolute Gasteiger partial charge is 0.274 e. The van der Waals surface area contributed by atoms with Crippen molar-refractivity contribution in [2.24, 2.45) is 0 Å².